The number of halogens is 2. The first-order valence-corrected chi connectivity index (χ1v) is 5.97. The zero-order chi connectivity index (χ0) is 12.1. The zero-order valence-electron chi connectivity index (χ0n) is 9.22. The molecule has 2 aliphatic rings. The number of carbonyl (C=O) groups excluding carboxylic acids is 2. The van der Waals surface area contributed by atoms with E-state index in [4.69, 9.17) is 23.2 Å². The molecule has 0 aromatic rings. The predicted molar refractivity (Wildman–Crippen MR) is 61.3 cm³/mol. The number of hydrogen-bond donors (Lipinski definition) is 1. The molecule has 4 nitrogen and oxygen atoms in total. The molecule has 2 amide bonds. The van der Waals surface area contributed by atoms with Crippen LogP contribution in [0.1, 0.15) is 19.8 Å². The summed E-state index contributed by atoms with van der Waals surface area (Å²) in [5, 5.41) is 2.72. The van der Waals surface area contributed by atoms with E-state index < -0.39 is 15.8 Å². The minimum Gasteiger partial charge on any atom is -0.344 e. The van der Waals surface area contributed by atoms with Gasteiger partial charge in [0.2, 0.25) is 11.8 Å². The fraction of sp³-hybridized carbons (Fsp3) is 0.800. The van der Waals surface area contributed by atoms with Crippen molar-refractivity contribution in [1.29, 1.82) is 0 Å². The Kier molecular flexibility index (Phi) is 2.63. The lowest BCUT2D eigenvalue weighted by Crippen LogP contribution is -2.44. The van der Waals surface area contributed by atoms with Gasteiger partial charge in [-0.25, -0.2) is 0 Å². The van der Waals surface area contributed by atoms with Gasteiger partial charge in [-0.2, -0.15) is 0 Å². The highest BCUT2D eigenvalue weighted by molar-refractivity contribution is 6.53. The lowest BCUT2D eigenvalue weighted by molar-refractivity contribution is -0.133. The number of alkyl halides is 2. The smallest absolute Gasteiger partial charge is 0.244 e. The van der Waals surface area contributed by atoms with Crippen molar-refractivity contribution in [2.24, 2.45) is 5.41 Å². The van der Waals surface area contributed by atoms with E-state index in [9.17, 15) is 9.59 Å². The maximum atomic E-state index is 11.9. The Morgan fingerprint density at radius 3 is 2.50 bits per heavy atom. The molecule has 0 aromatic heterocycles. The molecule has 0 spiro atoms. The summed E-state index contributed by atoms with van der Waals surface area (Å²) in [6, 6.07) is -0.418. The average molecular weight is 265 g/mol. The fourth-order valence-corrected chi connectivity index (χ4v) is 2.63. The second kappa shape index (κ2) is 3.50. The molecule has 90 valence electrons. The minimum atomic E-state index is -0.982. The molecular weight excluding hydrogens is 251 g/mol. The average Bonchev–Trinajstić information content (AvgIpc) is 2.56. The Morgan fingerprint density at radius 2 is 2.12 bits per heavy atom. The molecule has 1 heterocycles. The van der Waals surface area contributed by atoms with E-state index >= 15 is 0 Å². The first-order chi connectivity index (χ1) is 7.28. The highest BCUT2D eigenvalue weighted by Crippen LogP contribution is 2.63. The van der Waals surface area contributed by atoms with Gasteiger partial charge in [-0.05, 0) is 19.8 Å². The van der Waals surface area contributed by atoms with Crippen LogP contribution in [0.5, 0.6) is 0 Å². The summed E-state index contributed by atoms with van der Waals surface area (Å²) in [6.45, 7) is 2.39. The van der Waals surface area contributed by atoms with Gasteiger partial charge in [0.05, 0.1) is 5.41 Å². The monoisotopic (exact) mass is 264 g/mol. The van der Waals surface area contributed by atoms with Gasteiger partial charge in [0.15, 0.2) is 0 Å². The van der Waals surface area contributed by atoms with E-state index in [1.807, 2.05) is 0 Å². The van der Waals surface area contributed by atoms with Crippen molar-refractivity contribution >= 4 is 35.0 Å². The van der Waals surface area contributed by atoms with Crippen molar-refractivity contribution in [2.75, 3.05) is 13.6 Å². The second-order valence-electron chi connectivity index (χ2n) is 4.79. The maximum absolute atomic E-state index is 11.9. The van der Waals surface area contributed by atoms with Crippen LogP contribution in [-0.4, -0.2) is 40.7 Å². The van der Waals surface area contributed by atoms with Crippen molar-refractivity contribution in [1.82, 2.24) is 10.2 Å². The molecule has 1 saturated carbocycles. The fourth-order valence-electron chi connectivity index (χ4n) is 1.92. The Hall–Kier alpha value is -0.480. The third kappa shape index (κ3) is 1.68. The van der Waals surface area contributed by atoms with Crippen LogP contribution in [-0.2, 0) is 9.59 Å². The van der Waals surface area contributed by atoms with E-state index in [0.717, 1.165) is 0 Å². The van der Waals surface area contributed by atoms with Gasteiger partial charge in [-0.3, -0.25) is 9.59 Å². The Labute approximate surface area is 104 Å². The van der Waals surface area contributed by atoms with E-state index in [-0.39, 0.29) is 11.8 Å². The molecule has 6 heteroatoms. The first kappa shape index (κ1) is 12.0. The van der Waals surface area contributed by atoms with Gasteiger partial charge in [-0.1, -0.05) is 0 Å². The molecule has 16 heavy (non-hydrogen) atoms. The molecule has 1 aliphatic carbocycles. The third-order valence-corrected chi connectivity index (χ3v) is 4.59. The number of likely N-dealkylation sites (tertiary alicyclic amines) is 1. The molecule has 2 atom stereocenters. The van der Waals surface area contributed by atoms with Gasteiger partial charge in [-0.15, -0.1) is 23.2 Å². The Morgan fingerprint density at radius 1 is 1.56 bits per heavy atom. The number of likely N-dealkylation sites (N-methyl/N-ethyl adjacent to an activating group) is 1. The van der Waals surface area contributed by atoms with Crippen molar-refractivity contribution < 1.29 is 9.59 Å². The van der Waals surface area contributed by atoms with Crippen LogP contribution in [0, 0.1) is 5.41 Å². The lowest BCUT2D eigenvalue weighted by atomic mass is 10.1. The van der Waals surface area contributed by atoms with Crippen molar-refractivity contribution in [3.8, 4) is 0 Å². The van der Waals surface area contributed by atoms with E-state index in [1.54, 1.807) is 18.9 Å². The van der Waals surface area contributed by atoms with Crippen molar-refractivity contribution in [3.63, 3.8) is 0 Å². The lowest BCUT2D eigenvalue weighted by Gasteiger charge is -2.16. The van der Waals surface area contributed by atoms with Gasteiger partial charge in [0, 0.05) is 13.6 Å². The summed E-state index contributed by atoms with van der Waals surface area (Å²) < 4.78 is -0.982. The summed E-state index contributed by atoms with van der Waals surface area (Å²) in [6.07, 6.45) is 1.08. The zero-order valence-corrected chi connectivity index (χ0v) is 10.7. The predicted octanol–water partition coefficient (Wildman–Crippen LogP) is 0.917. The highest BCUT2D eigenvalue weighted by atomic mass is 35.5. The van der Waals surface area contributed by atoms with Crippen molar-refractivity contribution in [3.05, 3.63) is 0 Å². The number of nitrogens with one attached hydrogen (secondary N) is 1. The largest absolute Gasteiger partial charge is 0.344 e. The van der Waals surface area contributed by atoms with E-state index in [2.05, 4.69) is 5.32 Å². The SMILES string of the molecule is CN1CCC(NC(=O)C2(C)CC2(Cl)Cl)C1=O. The molecule has 0 bridgehead atoms. The number of amides is 2. The molecule has 1 aliphatic heterocycles. The summed E-state index contributed by atoms with van der Waals surface area (Å²) in [5.41, 5.74) is -0.752. The first-order valence-electron chi connectivity index (χ1n) is 5.22. The van der Waals surface area contributed by atoms with Crippen LogP contribution in [0.25, 0.3) is 0 Å². The number of hydrogen-bond acceptors (Lipinski definition) is 2. The maximum Gasteiger partial charge on any atom is 0.244 e. The summed E-state index contributed by atoms with van der Waals surface area (Å²) in [7, 11) is 1.72. The summed E-state index contributed by atoms with van der Waals surface area (Å²) in [4.78, 5) is 25.1. The van der Waals surface area contributed by atoms with Gasteiger partial charge >= 0.3 is 0 Å². The molecule has 0 aromatic carbocycles. The van der Waals surface area contributed by atoms with E-state index in [0.29, 0.717) is 19.4 Å². The van der Waals surface area contributed by atoms with Crippen molar-refractivity contribution in [2.45, 2.75) is 30.1 Å². The molecule has 2 fully saturated rings. The molecule has 2 unspecified atom stereocenters. The second-order valence-corrected chi connectivity index (χ2v) is 6.27. The Balaban J connectivity index is 1.97. The standard InChI is InChI=1S/C10H14Cl2N2O2/c1-9(5-10(9,11)12)8(16)13-6-3-4-14(2)7(6)15/h6H,3-5H2,1-2H3,(H,13,16). The number of carbonyl (C=O) groups is 2. The number of rotatable bonds is 2. The minimum absolute atomic E-state index is 0.0488. The normalized spacial score (nSPS) is 36.4. The quantitative estimate of drug-likeness (QED) is 0.755. The van der Waals surface area contributed by atoms with E-state index in [1.165, 1.54) is 0 Å². The van der Waals surface area contributed by atoms with Crippen LogP contribution in [0.15, 0.2) is 0 Å². The summed E-state index contributed by atoms with van der Waals surface area (Å²) >= 11 is 11.8. The van der Waals surface area contributed by atoms with Gasteiger partial charge in [0.1, 0.15) is 10.4 Å². The van der Waals surface area contributed by atoms with Crippen LogP contribution in [0.4, 0.5) is 0 Å². The Bertz CT molecular complexity index is 359. The van der Waals surface area contributed by atoms with Crippen LogP contribution in [0.2, 0.25) is 0 Å². The van der Waals surface area contributed by atoms with Crippen LogP contribution < -0.4 is 5.32 Å². The van der Waals surface area contributed by atoms with Crippen LogP contribution in [0.3, 0.4) is 0 Å². The van der Waals surface area contributed by atoms with Crippen LogP contribution >= 0.6 is 23.2 Å². The molecule has 0 radical (unpaired) electrons. The summed E-state index contributed by atoms with van der Waals surface area (Å²) in [5.74, 6) is -0.279. The van der Waals surface area contributed by atoms with Gasteiger partial charge < -0.3 is 10.2 Å². The topological polar surface area (TPSA) is 49.4 Å². The molecule has 2 rings (SSSR count). The van der Waals surface area contributed by atoms with Gasteiger partial charge in [0.25, 0.3) is 0 Å². The number of nitrogens with zero attached hydrogens (tertiary/aromatic N) is 1. The highest BCUT2D eigenvalue weighted by Gasteiger charge is 2.68. The third-order valence-electron chi connectivity index (χ3n) is 3.49. The molecule has 1 saturated heterocycles. The molecule has 1 N–H and O–H groups in total. The molecular formula is C10H14Cl2N2O2.